The van der Waals surface area contributed by atoms with Gasteiger partial charge in [0.15, 0.2) is 5.16 Å². The molecule has 0 spiro atoms. The fraction of sp³-hybridized carbons (Fsp3) is 0.600. The van der Waals surface area contributed by atoms with Crippen LogP contribution >= 0.6 is 11.8 Å². The van der Waals surface area contributed by atoms with Crippen molar-refractivity contribution in [3.8, 4) is 0 Å². The number of hydrogen-bond acceptors (Lipinski definition) is 4. The minimum Gasteiger partial charge on any atom is -0.481 e. The molecule has 1 N–H and O–H groups in total. The van der Waals surface area contributed by atoms with Gasteiger partial charge in [-0.25, -0.2) is 4.98 Å². The van der Waals surface area contributed by atoms with Gasteiger partial charge in [0.25, 0.3) is 0 Å². The molecule has 6 heteroatoms. The van der Waals surface area contributed by atoms with E-state index in [4.69, 9.17) is 5.11 Å². The van der Waals surface area contributed by atoms with Gasteiger partial charge in [0.05, 0.1) is 11.4 Å². The van der Waals surface area contributed by atoms with E-state index in [1.54, 1.807) is 0 Å². The first-order chi connectivity index (χ1) is 7.49. The minimum absolute atomic E-state index is 0.0540. The molecule has 1 aromatic rings. The van der Waals surface area contributed by atoms with Gasteiger partial charge in [-0.3, -0.25) is 4.79 Å². The molecule has 16 heavy (non-hydrogen) atoms. The molecule has 0 aliphatic heterocycles. The fourth-order valence-electron chi connectivity index (χ4n) is 1.23. The van der Waals surface area contributed by atoms with Crippen LogP contribution in [0, 0.1) is 6.92 Å². The van der Waals surface area contributed by atoms with Gasteiger partial charge in [-0.1, -0.05) is 11.8 Å². The number of carboxylic acids is 1. The van der Waals surface area contributed by atoms with Crippen LogP contribution in [0.5, 0.6) is 0 Å². The summed E-state index contributed by atoms with van der Waals surface area (Å²) in [6, 6.07) is 0. The van der Waals surface area contributed by atoms with Crippen LogP contribution in [0.1, 0.15) is 5.69 Å². The highest BCUT2D eigenvalue weighted by Crippen LogP contribution is 2.17. The zero-order chi connectivity index (χ0) is 12.1. The molecule has 0 aliphatic carbocycles. The molecule has 5 nitrogen and oxygen atoms in total. The summed E-state index contributed by atoms with van der Waals surface area (Å²) in [7, 11) is 4.02. The summed E-state index contributed by atoms with van der Waals surface area (Å²) in [4.78, 5) is 16.9. The molecule has 0 saturated heterocycles. The van der Waals surface area contributed by atoms with Gasteiger partial charge < -0.3 is 14.6 Å². The quantitative estimate of drug-likeness (QED) is 0.753. The number of likely N-dealkylation sites (N-methyl/N-ethyl adjacent to an activating group) is 1. The summed E-state index contributed by atoms with van der Waals surface area (Å²) in [5.41, 5.74) is 0.923. The molecule has 1 rings (SSSR count). The molecule has 0 saturated carbocycles. The Balaban J connectivity index is 2.63. The second kappa shape index (κ2) is 5.91. The maximum atomic E-state index is 10.5. The Morgan fingerprint density at radius 3 is 2.88 bits per heavy atom. The summed E-state index contributed by atoms with van der Waals surface area (Å²) < 4.78 is 2.00. The Labute approximate surface area is 99.5 Å². The lowest BCUT2D eigenvalue weighted by Gasteiger charge is -2.11. The number of hydrogen-bond donors (Lipinski definition) is 1. The van der Waals surface area contributed by atoms with Crippen LogP contribution in [0.15, 0.2) is 11.4 Å². The molecular formula is C10H17N3O2S. The molecule has 1 heterocycles. The lowest BCUT2D eigenvalue weighted by atomic mass is 10.5. The van der Waals surface area contributed by atoms with E-state index < -0.39 is 5.97 Å². The summed E-state index contributed by atoms with van der Waals surface area (Å²) >= 11 is 1.26. The number of imidazole rings is 1. The zero-order valence-corrected chi connectivity index (χ0v) is 10.6. The average Bonchev–Trinajstić information content (AvgIpc) is 2.52. The number of carbonyl (C=O) groups is 1. The molecule has 90 valence electrons. The highest BCUT2D eigenvalue weighted by Gasteiger charge is 2.08. The van der Waals surface area contributed by atoms with E-state index in [0.717, 1.165) is 23.9 Å². The van der Waals surface area contributed by atoms with Gasteiger partial charge in [0.2, 0.25) is 0 Å². The number of rotatable bonds is 6. The Kier molecular flexibility index (Phi) is 4.82. The molecule has 0 amide bonds. The Morgan fingerprint density at radius 2 is 2.31 bits per heavy atom. The lowest BCUT2D eigenvalue weighted by Crippen LogP contribution is -2.18. The first-order valence-electron chi connectivity index (χ1n) is 5.02. The maximum absolute atomic E-state index is 10.5. The molecule has 0 aromatic carbocycles. The number of aromatic nitrogens is 2. The van der Waals surface area contributed by atoms with Crippen molar-refractivity contribution in [2.45, 2.75) is 18.6 Å². The highest BCUT2D eigenvalue weighted by atomic mass is 32.2. The number of aliphatic carboxylic acids is 1. The van der Waals surface area contributed by atoms with E-state index in [0.29, 0.717) is 0 Å². The molecule has 0 unspecified atom stereocenters. The molecule has 0 aliphatic rings. The Bertz CT molecular complexity index is 363. The van der Waals surface area contributed by atoms with Gasteiger partial charge in [-0.15, -0.1) is 0 Å². The molecule has 0 radical (unpaired) electrons. The van der Waals surface area contributed by atoms with Crippen LogP contribution in [0.25, 0.3) is 0 Å². The summed E-state index contributed by atoms with van der Waals surface area (Å²) in [6.07, 6.45) is 1.95. The van der Waals surface area contributed by atoms with Crippen LogP contribution in [-0.4, -0.2) is 51.9 Å². The maximum Gasteiger partial charge on any atom is 0.313 e. The lowest BCUT2D eigenvalue weighted by molar-refractivity contribution is -0.133. The van der Waals surface area contributed by atoms with Crippen LogP contribution in [0.4, 0.5) is 0 Å². The Morgan fingerprint density at radius 1 is 1.62 bits per heavy atom. The van der Waals surface area contributed by atoms with Crippen molar-refractivity contribution in [3.63, 3.8) is 0 Å². The van der Waals surface area contributed by atoms with Crippen molar-refractivity contribution in [2.24, 2.45) is 0 Å². The summed E-state index contributed by atoms with van der Waals surface area (Å²) in [5, 5.41) is 9.40. The van der Waals surface area contributed by atoms with Crippen molar-refractivity contribution >= 4 is 17.7 Å². The average molecular weight is 243 g/mol. The van der Waals surface area contributed by atoms with Crippen LogP contribution in [0.2, 0.25) is 0 Å². The highest BCUT2D eigenvalue weighted by molar-refractivity contribution is 7.99. The number of nitrogens with zero attached hydrogens (tertiary/aromatic N) is 3. The molecule has 0 bridgehead atoms. The van der Waals surface area contributed by atoms with E-state index in [9.17, 15) is 4.79 Å². The largest absolute Gasteiger partial charge is 0.481 e. The predicted molar refractivity (Wildman–Crippen MR) is 63.9 cm³/mol. The third-order valence-electron chi connectivity index (χ3n) is 1.97. The second-order valence-electron chi connectivity index (χ2n) is 3.84. The van der Waals surface area contributed by atoms with Gasteiger partial charge in [-0.2, -0.15) is 0 Å². The SMILES string of the molecule is Cc1cn(CCN(C)C)c(SCC(=O)O)n1. The number of carboxylic acid groups (broad SMARTS) is 1. The predicted octanol–water partition coefficient (Wildman–Crippen LogP) is 0.930. The standard InChI is InChI=1S/C10H17N3O2S/c1-8-6-13(5-4-12(2)3)10(11-8)16-7-9(14)15/h6H,4-5,7H2,1-3H3,(H,14,15). The Hall–Kier alpha value is -1.01. The van der Waals surface area contributed by atoms with Crippen molar-refractivity contribution in [2.75, 3.05) is 26.4 Å². The van der Waals surface area contributed by atoms with Crippen LogP contribution in [0.3, 0.4) is 0 Å². The first kappa shape index (κ1) is 13.1. The minimum atomic E-state index is -0.815. The van der Waals surface area contributed by atoms with Gasteiger partial charge in [-0.05, 0) is 21.0 Å². The van der Waals surface area contributed by atoms with E-state index in [-0.39, 0.29) is 5.75 Å². The smallest absolute Gasteiger partial charge is 0.313 e. The molecular weight excluding hydrogens is 226 g/mol. The van der Waals surface area contributed by atoms with E-state index >= 15 is 0 Å². The van der Waals surface area contributed by atoms with Crippen molar-refractivity contribution in [1.29, 1.82) is 0 Å². The van der Waals surface area contributed by atoms with E-state index in [1.165, 1.54) is 11.8 Å². The van der Waals surface area contributed by atoms with Gasteiger partial charge in [0.1, 0.15) is 0 Å². The number of thioether (sulfide) groups is 1. The van der Waals surface area contributed by atoms with Crippen molar-refractivity contribution in [1.82, 2.24) is 14.5 Å². The van der Waals surface area contributed by atoms with Gasteiger partial charge >= 0.3 is 5.97 Å². The summed E-state index contributed by atoms with van der Waals surface area (Å²) in [6.45, 7) is 3.66. The third-order valence-corrected chi connectivity index (χ3v) is 2.95. The second-order valence-corrected chi connectivity index (χ2v) is 4.79. The van der Waals surface area contributed by atoms with Crippen LogP contribution < -0.4 is 0 Å². The fourth-order valence-corrected chi connectivity index (χ4v) is 2.01. The van der Waals surface area contributed by atoms with Gasteiger partial charge in [0, 0.05) is 19.3 Å². The normalized spacial score (nSPS) is 11.0. The monoisotopic (exact) mass is 243 g/mol. The molecule has 0 fully saturated rings. The number of aryl methyl sites for hydroxylation is 1. The first-order valence-corrected chi connectivity index (χ1v) is 6.00. The van der Waals surface area contributed by atoms with Crippen molar-refractivity contribution < 1.29 is 9.90 Å². The van der Waals surface area contributed by atoms with Crippen molar-refractivity contribution in [3.05, 3.63) is 11.9 Å². The van der Waals surface area contributed by atoms with E-state index in [1.807, 2.05) is 31.8 Å². The molecule has 0 atom stereocenters. The van der Waals surface area contributed by atoms with E-state index in [2.05, 4.69) is 9.88 Å². The molecule has 1 aromatic heterocycles. The zero-order valence-electron chi connectivity index (χ0n) is 9.80. The summed E-state index contributed by atoms with van der Waals surface area (Å²) in [5.74, 6) is -0.761. The van der Waals surface area contributed by atoms with Crippen LogP contribution in [-0.2, 0) is 11.3 Å². The topological polar surface area (TPSA) is 58.4 Å². The third kappa shape index (κ3) is 4.24.